The number of likely N-dealkylation sites (N-methyl/N-ethyl adjacent to an activating group) is 1. The predicted molar refractivity (Wildman–Crippen MR) is 93.5 cm³/mol. The fourth-order valence-corrected chi connectivity index (χ4v) is 3.68. The molecule has 3 heterocycles. The molecule has 2 aliphatic rings. The first-order valence-electron chi connectivity index (χ1n) is 9.42. The van der Waals surface area contributed by atoms with Gasteiger partial charge in [-0.05, 0) is 38.4 Å². The highest BCUT2D eigenvalue weighted by Gasteiger charge is 2.26. The summed E-state index contributed by atoms with van der Waals surface area (Å²) in [6, 6.07) is 0. The standard InChI is InChI=1S/C17H30N6O2/c1-2-21-7-9-23(10-8-21)17(24)11-14-3-5-22(6-4-14)13-15-19-16(12-18)25-20-15/h14H,2-13,18H2,1H3. The number of nitrogens with zero attached hydrogens (tertiary/aromatic N) is 5. The number of amides is 1. The lowest BCUT2D eigenvalue weighted by Gasteiger charge is -2.36. The van der Waals surface area contributed by atoms with Crippen molar-refractivity contribution in [2.45, 2.75) is 39.3 Å². The summed E-state index contributed by atoms with van der Waals surface area (Å²) >= 11 is 0. The van der Waals surface area contributed by atoms with E-state index in [2.05, 4.69) is 26.9 Å². The molecule has 2 N–H and O–H groups in total. The van der Waals surface area contributed by atoms with Gasteiger partial charge in [0.05, 0.1) is 13.1 Å². The number of hydrogen-bond acceptors (Lipinski definition) is 7. The van der Waals surface area contributed by atoms with E-state index in [-0.39, 0.29) is 6.54 Å². The van der Waals surface area contributed by atoms with E-state index in [9.17, 15) is 4.79 Å². The lowest BCUT2D eigenvalue weighted by molar-refractivity contribution is -0.134. The van der Waals surface area contributed by atoms with E-state index in [0.717, 1.165) is 58.7 Å². The first kappa shape index (κ1) is 18.3. The number of carbonyl (C=O) groups excluding carboxylic acids is 1. The minimum absolute atomic E-state index is 0.281. The number of aromatic nitrogens is 2. The first-order valence-corrected chi connectivity index (χ1v) is 9.42. The van der Waals surface area contributed by atoms with Crippen molar-refractivity contribution in [2.24, 2.45) is 11.7 Å². The first-order chi connectivity index (χ1) is 12.2. The van der Waals surface area contributed by atoms with Gasteiger partial charge in [0.15, 0.2) is 5.82 Å². The summed E-state index contributed by atoms with van der Waals surface area (Å²) in [6.45, 7) is 9.98. The molecule has 0 spiro atoms. The number of rotatable bonds is 6. The van der Waals surface area contributed by atoms with Crippen LogP contribution in [0.2, 0.25) is 0 Å². The van der Waals surface area contributed by atoms with Crippen LogP contribution in [0.15, 0.2) is 4.52 Å². The molecule has 2 fully saturated rings. The molecule has 1 amide bonds. The van der Waals surface area contributed by atoms with Crippen molar-refractivity contribution in [3.8, 4) is 0 Å². The largest absolute Gasteiger partial charge is 0.340 e. The summed E-state index contributed by atoms with van der Waals surface area (Å²) in [7, 11) is 0. The van der Waals surface area contributed by atoms with E-state index >= 15 is 0 Å². The molecule has 8 heteroatoms. The Bertz CT molecular complexity index is 547. The molecule has 0 bridgehead atoms. The molecule has 0 radical (unpaired) electrons. The summed E-state index contributed by atoms with van der Waals surface area (Å²) in [5.41, 5.74) is 5.49. The maximum Gasteiger partial charge on any atom is 0.240 e. The zero-order chi connectivity index (χ0) is 17.6. The van der Waals surface area contributed by atoms with Gasteiger partial charge in [0.25, 0.3) is 0 Å². The van der Waals surface area contributed by atoms with Gasteiger partial charge >= 0.3 is 0 Å². The van der Waals surface area contributed by atoms with Gasteiger partial charge in [0, 0.05) is 32.6 Å². The Kier molecular flexibility index (Phi) is 6.39. The average Bonchev–Trinajstić information content (AvgIpc) is 3.11. The third-order valence-electron chi connectivity index (χ3n) is 5.39. The third kappa shape index (κ3) is 4.99. The Hall–Kier alpha value is -1.51. The Labute approximate surface area is 149 Å². The van der Waals surface area contributed by atoms with E-state index in [0.29, 0.717) is 36.5 Å². The zero-order valence-corrected chi connectivity index (χ0v) is 15.2. The molecule has 0 aromatic carbocycles. The molecule has 0 atom stereocenters. The molecule has 1 aromatic heterocycles. The zero-order valence-electron chi connectivity index (χ0n) is 15.2. The number of likely N-dealkylation sites (tertiary alicyclic amines) is 1. The van der Waals surface area contributed by atoms with Crippen LogP contribution in [0.1, 0.15) is 37.9 Å². The smallest absolute Gasteiger partial charge is 0.240 e. The van der Waals surface area contributed by atoms with Crippen LogP contribution >= 0.6 is 0 Å². The van der Waals surface area contributed by atoms with Gasteiger partial charge in [0.2, 0.25) is 11.8 Å². The van der Waals surface area contributed by atoms with Crippen molar-refractivity contribution in [3.63, 3.8) is 0 Å². The number of nitrogens with two attached hydrogens (primary N) is 1. The maximum absolute atomic E-state index is 12.5. The van der Waals surface area contributed by atoms with Gasteiger partial charge in [-0.2, -0.15) is 4.98 Å². The summed E-state index contributed by atoms with van der Waals surface area (Å²) < 4.78 is 5.05. The van der Waals surface area contributed by atoms with Crippen molar-refractivity contribution in [1.82, 2.24) is 24.8 Å². The van der Waals surface area contributed by atoms with Crippen molar-refractivity contribution in [2.75, 3.05) is 45.8 Å². The summed E-state index contributed by atoms with van der Waals surface area (Å²) in [4.78, 5) is 23.5. The minimum Gasteiger partial charge on any atom is -0.340 e. The highest BCUT2D eigenvalue weighted by Crippen LogP contribution is 2.22. The Balaban J connectivity index is 1.38. The molecular weight excluding hydrogens is 320 g/mol. The Morgan fingerprint density at radius 2 is 1.88 bits per heavy atom. The minimum atomic E-state index is 0.281. The van der Waals surface area contributed by atoms with Crippen LogP contribution in [-0.4, -0.2) is 76.6 Å². The quantitative estimate of drug-likeness (QED) is 0.788. The predicted octanol–water partition coefficient (Wildman–Crippen LogP) is 0.295. The molecule has 8 nitrogen and oxygen atoms in total. The molecule has 2 saturated heterocycles. The molecular formula is C17H30N6O2. The molecule has 25 heavy (non-hydrogen) atoms. The second-order valence-corrected chi connectivity index (χ2v) is 7.05. The molecule has 2 aliphatic heterocycles. The Morgan fingerprint density at radius 1 is 1.16 bits per heavy atom. The van der Waals surface area contributed by atoms with E-state index in [1.54, 1.807) is 0 Å². The topological polar surface area (TPSA) is 91.7 Å². The third-order valence-corrected chi connectivity index (χ3v) is 5.39. The number of carbonyl (C=O) groups is 1. The average molecular weight is 350 g/mol. The van der Waals surface area contributed by atoms with Gasteiger partial charge in [-0.25, -0.2) is 0 Å². The van der Waals surface area contributed by atoms with E-state index in [4.69, 9.17) is 10.3 Å². The van der Waals surface area contributed by atoms with E-state index in [1.807, 2.05) is 4.90 Å². The van der Waals surface area contributed by atoms with Crippen LogP contribution in [0.3, 0.4) is 0 Å². The highest BCUT2D eigenvalue weighted by molar-refractivity contribution is 5.76. The molecule has 0 saturated carbocycles. The SMILES string of the molecule is CCN1CCN(C(=O)CC2CCN(Cc3noc(CN)n3)CC2)CC1. The van der Waals surface area contributed by atoms with Gasteiger partial charge in [0.1, 0.15) is 0 Å². The number of piperazine rings is 1. The Morgan fingerprint density at radius 3 is 2.48 bits per heavy atom. The summed E-state index contributed by atoms with van der Waals surface area (Å²) in [5, 5.41) is 3.95. The molecule has 1 aromatic rings. The van der Waals surface area contributed by atoms with Crippen LogP contribution in [0.5, 0.6) is 0 Å². The molecule has 3 rings (SSSR count). The van der Waals surface area contributed by atoms with Crippen molar-refractivity contribution in [1.29, 1.82) is 0 Å². The molecule has 140 valence electrons. The van der Waals surface area contributed by atoms with Crippen LogP contribution in [0, 0.1) is 5.92 Å². The second kappa shape index (κ2) is 8.73. The fraction of sp³-hybridized carbons (Fsp3) is 0.824. The molecule has 0 unspecified atom stereocenters. The van der Waals surface area contributed by atoms with E-state index < -0.39 is 0 Å². The van der Waals surface area contributed by atoms with Crippen molar-refractivity contribution in [3.05, 3.63) is 11.7 Å². The maximum atomic E-state index is 12.5. The highest BCUT2D eigenvalue weighted by atomic mass is 16.5. The van der Waals surface area contributed by atoms with Crippen molar-refractivity contribution >= 4 is 5.91 Å². The monoisotopic (exact) mass is 350 g/mol. The molecule has 0 aliphatic carbocycles. The lowest BCUT2D eigenvalue weighted by atomic mass is 9.93. The fourth-order valence-electron chi connectivity index (χ4n) is 3.68. The van der Waals surface area contributed by atoms with Crippen molar-refractivity contribution < 1.29 is 9.32 Å². The van der Waals surface area contributed by atoms with E-state index in [1.165, 1.54) is 0 Å². The normalized spacial score (nSPS) is 21.0. The summed E-state index contributed by atoms with van der Waals surface area (Å²) in [5.74, 6) is 2.01. The lowest BCUT2D eigenvalue weighted by Crippen LogP contribution is -2.49. The van der Waals surface area contributed by atoms with Gasteiger partial charge in [-0.3, -0.25) is 9.69 Å². The van der Waals surface area contributed by atoms with Gasteiger partial charge < -0.3 is 20.1 Å². The number of piperidine rings is 1. The van der Waals surface area contributed by atoms with Gasteiger partial charge in [-0.1, -0.05) is 12.1 Å². The van der Waals surface area contributed by atoms with Crippen LogP contribution in [0.4, 0.5) is 0 Å². The summed E-state index contributed by atoms with van der Waals surface area (Å²) in [6.07, 6.45) is 2.81. The second-order valence-electron chi connectivity index (χ2n) is 7.05. The van der Waals surface area contributed by atoms with Crippen LogP contribution < -0.4 is 5.73 Å². The number of hydrogen-bond donors (Lipinski definition) is 1. The van der Waals surface area contributed by atoms with Crippen LogP contribution in [-0.2, 0) is 17.9 Å². The van der Waals surface area contributed by atoms with Crippen LogP contribution in [0.25, 0.3) is 0 Å². The van der Waals surface area contributed by atoms with Gasteiger partial charge in [-0.15, -0.1) is 0 Å².